The van der Waals surface area contributed by atoms with E-state index in [1.54, 1.807) is 18.2 Å². The first kappa shape index (κ1) is 15.3. The van der Waals surface area contributed by atoms with Gasteiger partial charge < -0.3 is 4.74 Å². The Morgan fingerprint density at radius 3 is 2.80 bits per heavy atom. The SMILES string of the molecule is N#Cc1ccccc1COC(=O)c1c2c(nc3ccccc13)CCC2. The molecule has 3 aromatic rings. The minimum atomic E-state index is -0.343. The highest BCUT2D eigenvalue weighted by molar-refractivity contribution is 6.05. The van der Waals surface area contributed by atoms with Gasteiger partial charge in [0.05, 0.1) is 22.7 Å². The summed E-state index contributed by atoms with van der Waals surface area (Å²) in [6, 6.07) is 17.0. The fraction of sp³-hybridized carbons (Fsp3) is 0.190. The molecule has 0 fully saturated rings. The molecule has 1 aromatic heterocycles. The molecule has 4 nitrogen and oxygen atoms in total. The van der Waals surface area contributed by atoms with Gasteiger partial charge in [0.2, 0.25) is 0 Å². The summed E-state index contributed by atoms with van der Waals surface area (Å²) in [5.41, 5.74) is 4.72. The fourth-order valence-electron chi connectivity index (χ4n) is 3.41. The number of aromatic nitrogens is 1. The highest BCUT2D eigenvalue weighted by atomic mass is 16.5. The topological polar surface area (TPSA) is 63.0 Å². The standard InChI is InChI=1S/C21H16N2O2/c22-12-14-6-1-2-7-15(14)13-25-21(24)20-16-8-3-4-10-18(16)23-19-11-5-9-17(19)20/h1-4,6-8,10H,5,9,11,13H2. The molecule has 0 saturated carbocycles. The third-order valence-electron chi connectivity index (χ3n) is 4.62. The summed E-state index contributed by atoms with van der Waals surface area (Å²) in [5.74, 6) is -0.343. The third kappa shape index (κ3) is 2.74. The smallest absolute Gasteiger partial charge is 0.339 e. The molecule has 0 N–H and O–H groups in total. The van der Waals surface area contributed by atoms with Crippen LogP contribution in [0.1, 0.15) is 39.2 Å². The predicted molar refractivity (Wildman–Crippen MR) is 94.0 cm³/mol. The van der Waals surface area contributed by atoms with Gasteiger partial charge in [0.1, 0.15) is 6.61 Å². The van der Waals surface area contributed by atoms with E-state index in [0.29, 0.717) is 16.7 Å². The van der Waals surface area contributed by atoms with E-state index in [2.05, 4.69) is 6.07 Å². The monoisotopic (exact) mass is 328 g/mol. The molecular formula is C21H16N2O2. The number of aryl methyl sites for hydroxylation is 1. The summed E-state index contributed by atoms with van der Waals surface area (Å²) in [4.78, 5) is 17.6. The van der Waals surface area contributed by atoms with Crippen molar-refractivity contribution in [3.05, 3.63) is 76.5 Å². The van der Waals surface area contributed by atoms with Crippen LogP contribution in [0, 0.1) is 11.3 Å². The Hall–Kier alpha value is -3.19. The Morgan fingerprint density at radius 1 is 1.12 bits per heavy atom. The van der Waals surface area contributed by atoms with E-state index in [1.165, 1.54) is 0 Å². The van der Waals surface area contributed by atoms with Gasteiger partial charge in [-0.25, -0.2) is 4.79 Å². The number of nitriles is 1. The van der Waals surface area contributed by atoms with Gasteiger partial charge in [-0.3, -0.25) is 4.98 Å². The molecule has 0 atom stereocenters. The van der Waals surface area contributed by atoms with Crippen molar-refractivity contribution >= 4 is 16.9 Å². The largest absolute Gasteiger partial charge is 0.457 e. The number of ether oxygens (including phenoxy) is 1. The van der Waals surface area contributed by atoms with Gasteiger partial charge in [-0.1, -0.05) is 36.4 Å². The molecule has 4 heteroatoms. The van der Waals surface area contributed by atoms with Gasteiger partial charge >= 0.3 is 5.97 Å². The first-order valence-electron chi connectivity index (χ1n) is 8.33. The molecule has 0 unspecified atom stereocenters. The number of carbonyl (C=O) groups is 1. The van der Waals surface area contributed by atoms with Crippen LogP contribution in [0.25, 0.3) is 10.9 Å². The predicted octanol–water partition coefficient (Wildman–Crippen LogP) is 3.95. The summed E-state index contributed by atoms with van der Waals surface area (Å²) in [6.45, 7) is 0.0913. The summed E-state index contributed by atoms with van der Waals surface area (Å²) in [5, 5.41) is 10.0. The van der Waals surface area contributed by atoms with Crippen LogP contribution in [-0.4, -0.2) is 11.0 Å². The van der Waals surface area contributed by atoms with Crippen LogP contribution in [0.2, 0.25) is 0 Å². The first-order chi connectivity index (χ1) is 12.3. The Kier molecular flexibility index (Phi) is 3.91. The van der Waals surface area contributed by atoms with Gasteiger partial charge in [-0.15, -0.1) is 0 Å². The molecule has 4 rings (SSSR count). The summed E-state index contributed by atoms with van der Waals surface area (Å²) in [6.07, 6.45) is 2.76. The number of benzene rings is 2. The third-order valence-corrected chi connectivity index (χ3v) is 4.62. The average Bonchev–Trinajstić information content (AvgIpc) is 3.12. The van der Waals surface area contributed by atoms with Crippen LogP contribution in [0.15, 0.2) is 48.5 Å². The lowest BCUT2D eigenvalue weighted by Crippen LogP contribution is -2.11. The zero-order valence-corrected chi connectivity index (χ0v) is 13.7. The summed E-state index contributed by atoms with van der Waals surface area (Å²) in [7, 11) is 0. The van der Waals surface area contributed by atoms with Gasteiger partial charge in [0.25, 0.3) is 0 Å². The number of hydrogen-bond acceptors (Lipinski definition) is 4. The van der Waals surface area contributed by atoms with Crippen molar-refractivity contribution in [2.24, 2.45) is 0 Å². The maximum atomic E-state index is 12.9. The zero-order valence-electron chi connectivity index (χ0n) is 13.7. The highest BCUT2D eigenvalue weighted by Crippen LogP contribution is 2.30. The lowest BCUT2D eigenvalue weighted by molar-refractivity contribution is 0.0473. The van der Waals surface area contributed by atoms with E-state index in [1.807, 2.05) is 30.3 Å². The highest BCUT2D eigenvalue weighted by Gasteiger charge is 2.24. The van der Waals surface area contributed by atoms with Crippen LogP contribution >= 0.6 is 0 Å². The van der Waals surface area contributed by atoms with Crippen LogP contribution in [-0.2, 0) is 24.2 Å². The lowest BCUT2D eigenvalue weighted by Gasteiger charge is -2.12. The van der Waals surface area contributed by atoms with Gasteiger partial charge in [-0.2, -0.15) is 5.26 Å². The quantitative estimate of drug-likeness (QED) is 0.683. The number of hydrogen-bond donors (Lipinski definition) is 0. The number of pyridine rings is 1. The molecule has 1 aliphatic rings. The Bertz CT molecular complexity index is 1020. The van der Waals surface area contributed by atoms with Gasteiger partial charge in [-0.05, 0) is 37.0 Å². The second kappa shape index (κ2) is 6.37. The Balaban J connectivity index is 1.70. The van der Waals surface area contributed by atoms with Crippen molar-refractivity contribution in [1.82, 2.24) is 4.98 Å². The van der Waals surface area contributed by atoms with Crippen LogP contribution in [0.5, 0.6) is 0 Å². The van der Waals surface area contributed by atoms with Gasteiger partial charge in [0.15, 0.2) is 0 Å². The molecule has 2 aromatic carbocycles. The lowest BCUT2D eigenvalue weighted by atomic mass is 10.0. The summed E-state index contributed by atoms with van der Waals surface area (Å²) < 4.78 is 5.57. The van der Waals surface area contributed by atoms with E-state index in [0.717, 1.165) is 41.4 Å². The Morgan fingerprint density at radius 2 is 1.92 bits per heavy atom. The molecule has 0 spiro atoms. The molecule has 25 heavy (non-hydrogen) atoms. The van der Waals surface area contributed by atoms with E-state index >= 15 is 0 Å². The maximum Gasteiger partial charge on any atom is 0.339 e. The molecule has 0 saturated heterocycles. The fourth-order valence-corrected chi connectivity index (χ4v) is 3.41. The molecule has 1 heterocycles. The summed E-state index contributed by atoms with van der Waals surface area (Å²) >= 11 is 0. The minimum absolute atomic E-state index is 0.0913. The van der Waals surface area contributed by atoms with Crippen LogP contribution in [0.4, 0.5) is 0 Å². The van der Waals surface area contributed by atoms with E-state index in [4.69, 9.17) is 9.72 Å². The zero-order chi connectivity index (χ0) is 17.2. The maximum absolute atomic E-state index is 12.9. The molecule has 122 valence electrons. The number of fused-ring (bicyclic) bond motifs is 2. The van der Waals surface area contributed by atoms with Crippen molar-refractivity contribution in [2.75, 3.05) is 0 Å². The Labute approximate surface area is 145 Å². The molecule has 0 amide bonds. The van der Waals surface area contributed by atoms with E-state index in [9.17, 15) is 10.1 Å². The van der Waals surface area contributed by atoms with Crippen molar-refractivity contribution < 1.29 is 9.53 Å². The number of para-hydroxylation sites is 1. The van der Waals surface area contributed by atoms with E-state index in [-0.39, 0.29) is 12.6 Å². The van der Waals surface area contributed by atoms with Crippen molar-refractivity contribution in [1.29, 1.82) is 5.26 Å². The second-order valence-corrected chi connectivity index (χ2v) is 6.13. The number of esters is 1. The van der Waals surface area contributed by atoms with Crippen LogP contribution in [0.3, 0.4) is 0 Å². The van der Waals surface area contributed by atoms with Crippen molar-refractivity contribution in [2.45, 2.75) is 25.9 Å². The molecule has 0 radical (unpaired) electrons. The van der Waals surface area contributed by atoms with Crippen LogP contribution < -0.4 is 0 Å². The number of nitrogens with zero attached hydrogens (tertiary/aromatic N) is 2. The molecule has 0 aliphatic heterocycles. The second-order valence-electron chi connectivity index (χ2n) is 6.13. The first-order valence-corrected chi connectivity index (χ1v) is 8.33. The normalized spacial score (nSPS) is 12.6. The van der Waals surface area contributed by atoms with E-state index < -0.39 is 0 Å². The van der Waals surface area contributed by atoms with Crippen molar-refractivity contribution in [3.8, 4) is 6.07 Å². The molecular weight excluding hydrogens is 312 g/mol. The number of carbonyl (C=O) groups excluding carboxylic acids is 1. The minimum Gasteiger partial charge on any atom is -0.457 e. The number of rotatable bonds is 3. The molecule has 1 aliphatic carbocycles. The van der Waals surface area contributed by atoms with Crippen molar-refractivity contribution in [3.63, 3.8) is 0 Å². The average molecular weight is 328 g/mol. The van der Waals surface area contributed by atoms with Gasteiger partial charge in [0, 0.05) is 16.6 Å². The molecule has 0 bridgehead atoms.